The van der Waals surface area contributed by atoms with Gasteiger partial charge in [-0.25, -0.2) is 0 Å². The molecule has 4 N–H and O–H groups in total. The predicted octanol–water partition coefficient (Wildman–Crippen LogP) is 1.16. The lowest BCUT2D eigenvalue weighted by molar-refractivity contribution is -0.231. The van der Waals surface area contributed by atoms with Crippen molar-refractivity contribution in [2.75, 3.05) is 19.8 Å². The van der Waals surface area contributed by atoms with Gasteiger partial charge in [0.25, 0.3) is 0 Å². The van der Waals surface area contributed by atoms with Crippen LogP contribution < -0.4 is 4.74 Å². The Hall–Kier alpha value is -2.00. The molecular formula is C24H31NO6. The molecule has 1 fully saturated rings. The maximum absolute atomic E-state index is 10.4. The summed E-state index contributed by atoms with van der Waals surface area (Å²) in [5.41, 5.74) is 4.41. The highest BCUT2D eigenvalue weighted by Gasteiger charge is 2.44. The Morgan fingerprint density at radius 2 is 1.77 bits per heavy atom. The van der Waals surface area contributed by atoms with E-state index in [1.165, 1.54) is 16.7 Å². The number of aliphatic hydroxyl groups excluding tert-OH is 4. The van der Waals surface area contributed by atoms with Gasteiger partial charge in [0.15, 0.2) is 0 Å². The van der Waals surface area contributed by atoms with Crippen molar-refractivity contribution >= 4 is 0 Å². The minimum atomic E-state index is -1.36. The van der Waals surface area contributed by atoms with Gasteiger partial charge < -0.3 is 29.9 Å². The third-order valence-electron chi connectivity index (χ3n) is 6.18. The molecule has 0 radical (unpaired) electrons. The average Bonchev–Trinajstić information content (AvgIpc) is 2.79. The van der Waals surface area contributed by atoms with Crippen molar-refractivity contribution in [3.63, 3.8) is 0 Å². The Kier molecular flexibility index (Phi) is 6.91. The molecule has 0 bridgehead atoms. The predicted molar refractivity (Wildman–Crippen MR) is 115 cm³/mol. The zero-order valence-corrected chi connectivity index (χ0v) is 17.7. The van der Waals surface area contributed by atoms with Gasteiger partial charge in [-0.1, -0.05) is 30.3 Å². The van der Waals surface area contributed by atoms with Gasteiger partial charge in [-0.15, -0.1) is 0 Å². The summed E-state index contributed by atoms with van der Waals surface area (Å²) in [5.74, 6) is 0.885. The van der Waals surface area contributed by atoms with Crippen LogP contribution >= 0.6 is 0 Å². The minimum absolute atomic E-state index is 0.424. The molecule has 0 saturated carbocycles. The maximum Gasteiger partial charge on any atom is 0.119 e. The molecule has 1 saturated heterocycles. The van der Waals surface area contributed by atoms with Crippen molar-refractivity contribution in [3.05, 3.63) is 64.7 Å². The molecule has 0 amide bonds. The van der Waals surface area contributed by atoms with Crippen LogP contribution in [0.3, 0.4) is 0 Å². The van der Waals surface area contributed by atoms with Gasteiger partial charge in [-0.05, 0) is 47.7 Å². The van der Waals surface area contributed by atoms with Crippen LogP contribution in [0.2, 0.25) is 0 Å². The number of aliphatic hydroxyl groups is 4. The molecule has 2 aromatic rings. The molecule has 2 heterocycles. The van der Waals surface area contributed by atoms with Gasteiger partial charge >= 0.3 is 0 Å². The van der Waals surface area contributed by atoms with E-state index in [0.29, 0.717) is 6.61 Å². The van der Waals surface area contributed by atoms with E-state index in [1.807, 2.05) is 37.3 Å². The van der Waals surface area contributed by atoms with Crippen LogP contribution in [0.5, 0.6) is 5.75 Å². The molecule has 0 aromatic heterocycles. The fourth-order valence-corrected chi connectivity index (χ4v) is 4.44. The van der Waals surface area contributed by atoms with Gasteiger partial charge in [0.1, 0.15) is 36.3 Å². The molecule has 0 spiro atoms. The van der Waals surface area contributed by atoms with Crippen molar-refractivity contribution in [2.45, 2.75) is 57.0 Å². The van der Waals surface area contributed by atoms with E-state index in [0.717, 1.165) is 37.4 Å². The lowest BCUT2D eigenvalue weighted by atomic mass is 9.88. The summed E-state index contributed by atoms with van der Waals surface area (Å²) in [6.07, 6.45) is -4.78. The molecular weight excluding hydrogens is 398 g/mol. The Balaban J connectivity index is 1.44. The zero-order chi connectivity index (χ0) is 22.0. The molecule has 168 valence electrons. The average molecular weight is 430 g/mol. The molecule has 0 aliphatic carbocycles. The molecule has 2 aliphatic rings. The number of hydrogen-bond donors (Lipinski definition) is 4. The minimum Gasteiger partial charge on any atom is -0.494 e. The summed E-state index contributed by atoms with van der Waals surface area (Å²) in [7, 11) is 0. The van der Waals surface area contributed by atoms with E-state index in [-0.39, 0.29) is 0 Å². The van der Waals surface area contributed by atoms with Gasteiger partial charge in [-0.2, -0.15) is 0 Å². The van der Waals surface area contributed by atoms with E-state index < -0.39 is 37.1 Å². The Morgan fingerprint density at radius 3 is 2.48 bits per heavy atom. The largest absolute Gasteiger partial charge is 0.494 e. The van der Waals surface area contributed by atoms with Gasteiger partial charge in [-0.3, -0.25) is 4.90 Å². The van der Waals surface area contributed by atoms with Crippen LogP contribution in [0.25, 0.3) is 0 Å². The lowest BCUT2D eigenvalue weighted by Gasteiger charge is -2.40. The quantitative estimate of drug-likeness (QED) is 0.547. The highest BCUT2D eigenvalue weighted by Crippen LogP contribution is 2.34. The molecule has 0 unspecified atom stereocenters. The first kappa shape index (κ1) is 22.2. The van der Waals surface area contributed by atoms with Gasteiger partial charge in [0.05, 0.1) is 13.2 Å². The molecule has 2 aromatic carbocycles. The Bertz CT molecular complexity index is 871. The lowest BCUT2D eigenvalue weighted by Crippen LogP contribution is -2.55. The summed E-state index contributed by atoms with van der Waals surface area (Å²) in [6, 6.07) is 14.1. The summed E-state index contributed by atoms with van der Waals surface area (Å²) < 4.78 is 11.2. The highest BCUT2D eigenvalue weighted by molar-refractivity contribution is 5.36. The molecule has 7 nitrogen and oxygen atoms in total. The van der Waals surface area contributed by atoms with Crippen molar-refractivity contribution in [1.29, 1.82) is 0 Å². The third kappa shape index (κ3) is 4.77. The number of hydrogen-bond acceptors (Lipinski definition) is 7. The second kappa shape index (κ2) is 9.65. The molecule has 5 atom stereocenters. The molecule has 2 aliphatic heterocycles. The molecule has 4 rings (SSSR count). The van der Waals surface area contributed by atoms with Crippen molar-refractivity contribution in [2.24, 2.45) is 0 Å². The molecule has 31 heavy (non-hydrogen) atoms. The van der Waals surface area contributed by atoms with Crippen molar-refractivity contribution in [1.82, 2.24) is 4.90 Å². The fourth-order valence-electron chi connectivity index (χ4n) is 4.44. The number of rotatable bonds is 6. The van der Waals surface area contributed by atoms with E-state index in [2.05, 4.69) is 17.0 Å². The fraction of sp³-hybridized carbons (Fsp3) is 0.500. The van der Waals surface area contributed by atoms with Crippen molar-refractivity contribution < 1.29 is 29.9 Å². The number of benzene rings is 2. The highest BCUT2D eigenvalue weighted by atomic mass is 16.5. The van der Waals surface area contributed by atoms with E-state index >= 15 is 0 Å². The first-order chi connectivity index (χ1) is 15.0. The van der Waals surface area contributed by atoms with Crippen LogP contribution in [0.1, 0.15) is 35.3 Å². The van der Waals surface area contributed by atoms with Crippen LogP contribution in [0.4, 0.5) is 0 Å². The van der Waals surface area contributed by atoms with Gasteiger partial charge in [0.2, 0.25) is 0 Å². The first-order valence-corrected chi connectivity index (χ1v) is 10.9. The topological polar surface area (TPSA) is 103 Å². The zero-order valence-electron chi connectivity index (χ0n) is 17.7. The summed E-state index contributed by atoms with van der Waals surface area (Å²) in [6.45, 7) is 4.82. The Labute approximate surface area is 182 Å². The van der Waals surface area contributed by atoms with E-state index in [4.69, 9.17) is 9.47 Å². The second-order valence-corrected chi connectivity index (χ2v) is 8.32. The maximum atomic E-state index is 10.4. The SMILES string of the molecule is CCOc1ccc(CN2CCc3cc([C@@H]4O[C@H](CO)[C@@H](O)[C@H](O)[C@H]4O)ccc3C2)cc1. The summed E-state index contributed by atoms with van der Waals surface area (Å²) >= 11 is 0. The normalized spacial score (nSPS) is 28.9. The number of fused-ring (bicyclic) bond motifs is 1. The summed E-state index contributed by atoms with van der Waals surface area (Å²) in [4.78, 5) is 2.39. The van der Waals surface area contributed by atoms with Crippen molar-refractivity contribution in [3.8, 4) is 5.75 Å². The standard InChI is InChI=1S/C24H31NO6/c1-2-30-19-7-3-15(4-8-19)12-25-10-9-16-11-17(5-6-18(16)13-25)24-23(29)22(28)21(27)20(14-26)31-24/h3-8,11,20-24,26-29H,2,9-10,12-14H2,1H3/t20-,21-,22+,23-,24+/m1/s1. The van der Waals surface area contributed by atoms with E-state index in [9.17, 15) is 20.4 Å². The van der Waals surface area contributed by atoms with Gasteiger partial charge in [0, 0.05) is 19.6 Å². The first-order valence-electron chi connectivity index (χ1n) is 10.9. The van der Waals surface area contributed by atoms with Crippen LogP contribution in [0, 0.1) is 0 Å². The Morgan fingerprint density at radius 1 is 1.00 bits per heavy atom. The number of ether oxygens (including phenoxy) is 2. The summed E-state index contributed by atoms with van der Waals surface area (Å²) in [5, 5.41) is 39.9. The molecule has 7 heteroatoms. The third-order valence-corrected chi connectivity index (χ3v) is 6.18. The van der Waals surface area contributed by atoms with Crippen LogP contribution in [0.15, 0.2) is 42.5 Å². The smallest absolute Gasteiger partial charge is 0.119 e. The number of nitrogens with zero attached hydrogens (tertiary/aromatic N) is 1. The second-order valence-electron chi connectivity index (χ2n) is 8.32. The van der Waals surface area contributed by atoms with E-state index in [1.54, 1.807) is 0 Å². The monoisotopic (exact) mass is 429 g/mol. The van der Waals surface area contributed by atoms with Crippen LogP contribution in [-0.4, -0.2) is 69.5 Å². The van der Waals surface area contributed by atoms with Crippen LogP contribution in [-0.2, 0) is 24.2 Å².